The monoisotopic (exact) mass is 283 g/mol. The summed E-state index contributed by atoms with van der Waals surface area (Å²) in [5, 5.41) is 6.80. The maximum Gasteiger partial charge on any atom is 0.185 e. The molecule has 0 saturated heterocycles. The lowest BCUT2D eigenvalue weighted by molar-refractivity contribution is 0.502. The van der Waals surface area contributed by atoms with E-state index in [2.05, 4.69) is 57.3 Å². The fraction of sp³-hybridized carbons (Fsp3) is 0.800. The van der Waals surface area contributed by atoms with Gasteiger partial charge in [-0.15, -0.1) is 11.3 Å². The fourth-order valence-corrected chi connectivity index (χ4v) is 3.12. The first-order chi connectivity index (χ1) is 8.95. The van der Waals surface area contributed by atoms with E-state index in [0.717, 1.165) is 29.7 Å². The molecule has 1 N–H and O–H groups in total. The molecule has 3 nitrogen and oxygen atoms in total. The van der Waals surface area contributed by atoms with Crippen LogP contribution in [0.2, 0.25) is 0 Å². The van der Waals surface area contributed by atoms with E-state index >= 15 is 0 Å². The molecular formula is C15H29N3S. The van der Waals surface area contributed by atoms with E-state index < -0.39 is 0 Å². The Morgan fingerprint density at radius 1 is 1.32 bits per heavy atom. The number of hydrogen-bond donors (Lipinski definition) is 1. The number of rotatable bonds is 8. The molecule has 4 heteroatoms. The molecule has 1 rings (SSSR count). The van der Waals surface area contributed by atoms with Crippen LogP contribution in [-0.2, 0) is 0 Å². The minimum absolute atomic E-state index is 0.346. The predicted octanol–water partition coefficient (Wildman–Crippen LogP) is 4.07. The summed E-state index contributed by atoms with van der Waals surface area (Å²) in [7, 11) is 2.15. The van der Waals surface area contributed by atoms with Crippen LogP contribution in [0.5, 0.6) is 0 Å². The molecule has 1 heterocycles. The van der Waals surface area contributed by atoms with E-state index in [1.165, 1.54) is 6.42 Å². The number of anilines is 1. The number of nitrogens with one attached hydrogen (secondary N) is 1. The van der Waals surface area contributed by atoms with Crippen molar-refractivity contribution in [2.75, 3.05) is 18.5 Å². The zero-order chi connectivity index (χ0) is 14.4. The quantitative estimate of drug-likeness (QED) is 0.779. The maximum atomic E-state index is 4.77. The van der Waals surface area contributed by atoms with Crippen LogP contribution < -0.4 is 10.2 Å². The minimum atomic E-state index is 0.346. The molecule has 0 aromatic carbocycles. The van der Waals surface area contributed by atoms with Gasteiger partial charge in [-0.2, -0.15) is 0 Å². The molecule has 0 saturated carbocycles. The second-order valence-corrected chi connectivity index (χ2v) is 6.66. The van der Waals surface area contributed by atoms with Gasteiger partial charge in [-0.25, -0.2) is 4.98 Å². The van der Waals surface area contributed by atoms with Crippen LogP contribution in [-0.4, -0.2) is 24.6 Å². The normalized spacial score (nSPS) is 14.7. The van der Waals surface area contributed by atoms with Gasteiger partial charge >= 0.3 is 0 Å². The van der Waals surface area contributed by atoms with E-state index in [1.54, 1.807) is 11.3 Å². The first-order valence-electron chi connectivity index (χ1n) is 7.37. The van der Waals surface area contributed by atoms with Crippen LogP contribution >= 0.6 is 11.3 Å². The maximum absolute atomic E-state index is 4.77. The van der Waals surface area contributed by atoms with Gasteiger partial charge in [-0.05, 0) is 39.2 Å². The Morgan fingerprint density at radius 2 is 2.00 bits per heavy atom. The highest BCUT2D eigenvalue weighted by Gasteiger charge is 2.16. The van der Waals surface area contributed by atoms with Crippen molar-refractivity contribution in [1.29, 1.82) is 0 Å². The lowest BCUT2D eigenvalue weighted by Gasteiger charge is -2.25. The van der Waals surface area contributed by atoms with E-state index in [4.69, 9.17) is 4.98 Å². The van der Waals surface area contributed by atoms with Crippen LogP contribution in [0.1, 0.15) is 59.2 Å². The third-order valence-electron chi connectivity index (χ3n) is 3.43. The van der Waals surface area contributed by atoms with Gasteiger partial charge in [0.25, 0.3) is 0 Å². The fourth-order valence-electron chi connectivity index (χ4n) is 2.13. The highest BCUT2D eigenvalue weighted by atomic mass is 32.1. The van der Waals surface area contributed by atoms with Gasteiger partial charge in [0.05, 0.1) is 5.69 Å². The smallest absolute Gasteiger partial charge is 0.185 e. The Labute approximate surface area is 122 Å². The standard InChI is InChI=1S/C15H29N3S/c1-7-8-16-13(5)14-10-19-15(17-14)18(6)12(4)9-11(2)3/h10-13,16H,7-9H2,1-6H3. The second kappa shape index (κ2) is 7.85. The van der Waals surface area contributed by atoms with Crippen molar-refractivity contribution in [3.8, 4) is 0 Å². The van der Waals surface area contributed by atoms with Crippen molar-refractivity contribution >= 4 is 16.5 Å². The Kier molecular flexibility index (Phi) is 6.80. The minimum Gasteiger partial charge on any atom is -0.348 e. The van der Waals surface area contributed by atoms with Gasteiger partial charge in [-0.1, -0.05) is 20.8 Å². The van der Waals surface area contributed by atoms with Crippen molar-refractivity contribution < 1.29 is 0 Å². The number of thiazole rings is 1. The average Bonchev–Trinajstić information content (AvgIpc) is 2.83. The zero-order valence-corrected chi connectivity index (χ0v) is 14.0. The van der Waals surface area contributed by atoms with Gasteiger partial charge in [0.1, 0.15) is 0 Å². The number of nitrogens with zero attached hydrogens (tertiary/aromatic N) is 2. The summed E-state index contributed by atoms with van der Waals surface area (Å²) in [5.74, 6) is 0.724. The zero-order valence-electron chi connectivity index (χ0n) is 13.2. The van der Waals surface area contributed by atoms with E-state index in [-0.39, 0.29) is 0 Å². The van der Waals surface area contributed by atoms with Crippen molar-refractivity contribution in [2.45, 2.75) is 59.5 Å². The van der Waals surface area contributed by atoms with Crippen LogP contribution in [0, 0.1) is 5.92 Å². The average molecular weight is 283 g/mol. The third kappa shape index (κ3) is 5.11. The van der Waals surface area contributed by atoms with Crippen LogP contribution in [0.3, 0.4) is 0 Å². The SMILES string of the molecule is CCCNC(C)c1csc(N(C)C(C)CC(C)C)n1. The number of hydrogen-bond acceptors (Lipinski definition) is 4. The Hall–Kier alpha value is -0.610. The molecule has 1 aromatic rings. The molecule has 0 amide bonds. The van der Waals surface area contributed by atoms with E-state index in [1.807, 2.05) is 0 Å². The first-order valence-corrected chi connectivity index (χ1v) is 8.25. The van der Waals surface area contributed by atoms with Gasteiger partial charge in [0.15, 0.2) is 5.13 Å². The summed E-state index contributed by atoms with van der Waals surface area (Å²) < 4.78 is 0. The molecule has 2 atom stereocenters. The van der Waals surface area contributed by atoms with Gasteiger partial charge in [-0.3, -0.25) is 0 Å². The summed E-state index contributed by atoms with van der Waals surface area (Å²) in [6, 6.07) is 0.886. The second-order valence-electron chi connectivity index (χ2n) is 5.82. The van der Waals surface area contributed by atoms with Crippen molar-refractivity contribution in [3.05, 3.63) is 11.1 Å². The molecule has 0 spiro atoms. The Balaban J connectivity index is 2.62. The third-order valence-corrected chi connectivity index (χ3v) is 4.38. The van der Waals surface area contributed by atoms with Crippen LogP contribution in [0.15, 0.2) is 5.38 Å². The van der Waals surface area contributed by atoms with E-state index in [0.29, 0.717) is 12.1 Å². The largest absolute Gasteiger partial charge is 0.348 e. The molecule has 0 aliphatic heterocycles. The molecule has 0 aliphatic rings. The van der Waals surface area contributed by atoms with E-state index in [9.17, 15) is 0 Å². The van der Waals surface area contributed by atoms with Crippen molar-refractivity contribution in [3.63, 3.8) is 0 Å². The molecule has 1 aromatic heterocycles. The topological polar surface area (TPSA) is 28.2 Å². The van der Waals surface area contributed by atoms with Crippen molar-refractivity contribution in [2.24, 2.45) is 5.92 Å². The van der Waals surface area contributed by atoms with Crippen LogP contribution in [0.4, 0.5) is 5.13 Å². The van der Waals surface area contributed by atoms with Gasteiger partial charge < -0.3 is 10.2 Å². The lowest BCUT2D eigenvalue weighted by Crippen LogP contribution is -2.30. The molecule has 0 aliphatic carbocycles. The molecule has 0 bridgehead atoms. The molecule has 0 fully saturated rings. The first kappa shape index (κ1) is 16.4. The Bertz CT molecular complexity index is 362. The van der Waals surface area contributed by atoms with Gasteiger partial charge in [0, 0.05) is 24.5 Å². The summed E-state index contributed by atoms with van der Waals surface area (Å²) in [5.41, 5.74) is 1.16. The number of aromatic nitrogens is 1. The Morgan fingerprint density at radius 3 is 2.58 bits per heavy atom. The summed E-state index contributed by atoms with van der Waals surface area (Å²) in [4.78, 5) is 7.08. The molecule has 19 heavy (non-hydrogen) atoms. The molecule has 2 unspecified atom stereocenters. The molecule has 110 valence electrons. The molecule has 0 radical (unpaired) electrons. The highest BCUT2D eigenvalue weighted by molar-refractivity contribution is 7.13. The molecular weight excluding hydrogens is 254 g/mol. The summed E-state index contributed by atoms with van der Waals surface area (Å²) >= 11 is 1.75. The predicted molar refractivity (Wildman–Crippen MR) is 86.1 cm³/mol. The van der Waals surface area contributed by atoms with Crippen LogP contribution in [0.25, 0.3) is 0 Å². The highest BCUT2D eigenvalue weighted by Crippen LogP contribution is 2.26. The summed E-state index contributed by atoms with van der Waals surface area (Å²) in [6.07, 6.45) is 2.36. The van der Waals surface area contributed by atoms with Gasteiger partial charge in [0.2, 0.25) is 0 Å². The van der Waals surface area contributed by atoms with Crippen molar-refractivity contribution in [1.82, 2.24) is 10.3 Å². The summed E-state index contributed by atoms with van der Waals surface area (Å²) in [6.45, 7) is 12.2. The lowest BCUT2D eigenvalue weighted by atomic mass is 10.0.